The van der Waals surface area contributed by atoms with Crippen molar-refractivity contribution in [1.29, 1.82) is 5.26 Å². The monoisotopic (exact) mass is 304 g/mol. The SMILES string of the molecule is COC(=O)c1ncc(C#N)c(CBr)c1C(F)F. The molecular weight excluding hydrogens is 298 g/mol. The van der Waals surface area contributed by atoms with E-state index in [4.69, 9.17) is 5.26 Å². The van der Waals surface area contributed by atoms with Crippen molar-refractivity contribution >= 4 is 21.9 Å². The molecule has 17 heavy (non-hydrogen) atoms. The molecule has 90 valence electrons. The van der Waals surface area contributed by atoms with Gasteiger partial charge in [-0.3, -0.25) is 0 Å². The number of hydrogen-bond donors (Lipinski definition) is 0. The van der Waals surface area contributed by atoms with Crippen LogP contribution in [0.15, 0.2) is 6.20 Å². The lowest BCUT2D eigenvalue weighted by Crippen LogP contribution is -2.12. The molecule has 0 aliphatic heterocycles. The molecule has 0 saturated carbocycles. The summed E-state index contributed by atoms with van der Waals surface area (Å²) in [5.41, 5.74) is -0.966. The van der Waals surface area contributed by atoms with Crippen molar-refractivity contribution in [2.24, 2.45) is 0 Å². The molecule has 1 aromatic rings. The number of nitrogens with zero attached hydrogens (tertiary/aromatic N) is 2. The van der Waals surface area contributed by atoms with E-state index in [1.807, 2.05) is 0 Å². The number of methoxy groups -OCH3 is 1. The molecule has 7 heteroatoms. The molecule has 0 aromatic carbocycles. The van der Waals surface area contributed by atoms with Gasteiger partial charge in [-0.2, -0.15) is 5.26 Å². The van der Waals surface area contributed by atoms with Gasteiger partial charge in [0.2, 0.25) is 0 Å². The second kappa shape index (κ2) is 5.68. The Bertz CT molecular complexity index is 486. The Kier molecular flexibility index (Phi) is 4.52. The number of pyridine rings is 1. The summed E-state index contributed by atoms with van der Waals surface area (Å²) < 4.78 is 30.2. The minimum absolute atomic E-state index is 0.00447. The minimum Gasteiger partial charge on any atom is -0.464 e. The molecule has 4 nitrogen and oxygen atoms in total. The van der Waals surface area contributed by atoms with E-state index in [0.717, 1.165) is 13.3 Å². The van der Waals surface area contributed by atoms with E-state index in [1.165, 1.54) is 0 Å². The van der Waals surface area contributed by atoms with Crippen molar-refractivity contribution in [3.63, 3.8) is 0 Å². The number of halogens is 3. The Labute approximate surface area is 104 Å². The highest BCUT2D eigenvalue weighted by Gasteiger charge is 2.26. The molecule has 0 saturated heterocycles. The van der Waals surface area contributed by atoms with Crippen LogP contribution in [0.4, 0.5) is 8.78 Å². The first-order valence-electron chi connectivity index (χ1n) is 4.41. The fraction of sp³-hybridized carbons (Fsp3) is 0.300. The Balaban J connectivity index is 3.54. The van der Waals surface area contributed by atoms with Gasteiger partial charge in [0.05, 0.1) is 18.2 Å². The highest BCUT2D eigenvalue weighted by atomic mass is 79.9. The summed E-state index contributed by atoms with van der Waals surface area (Å²) in [7, 11) is 1.07. The zero-order valence-corrected chi connectivity index (χ0v) is 10.3. The molecule has 0 bridgehead atoms. The van der Waals surface area contributed by atoms with Gasteiger partial charge >= 0.3 is 5.97 Å². The number of esters is 1. The van der Waals surface area contributed by atoms with E-state index < -0.39 is 23.7 Å². The molecule has 1 aromatic heterocycles. The van der Waals surface area contributed by atoms with Gasteiger partial charge < -0.3 is 4.74 Å². The van der Waals surface area contributed by atoms with Crippen LogP contribution in [0.5, 0.6) is 0 Å². The van der Waals surface area contributed by atoms with Gasteiger partial charge in [-0.25, -0.2) is 18.6 Å². The smallest absolute Gasteiger partial charge is 0.357 e. The van der Waals surface area contributed by atoms with Crippen LogP contribution in [0.2, 0.25) is 0 Å². The molecule has 0 atom stereocenters. The third-order valence-corrected chi connectivity index (χ3v) is 2.64. The lowest BCUT2D eigenvalue weighted by Gasteiger charge is -2.11. The van der Waals surface area contributed by atoms with Crippen molar-refractivity contribution in [3.05, 3.63) is 28.6 Å². The van der Waals surface area contributed by atoms with Crippen LogP contribution >= 0.6 is 15.9 Å². The highest BCUT2D eigenvalue weighted by Crippen LogP contribution is 2.29. The lowest BCUT2D eigenvalue weighted by molar-refractivity contribution is 0.0581. The van der Waals surface area contributed by atoms with Gasteiger partial charge in [-0.05, 0) is 5.56 Å². The van der Waals surface area contributed by atoms with Crippen LogP contribution < -0.4 is 0 Å². The van der Waals surface area contributed by atoms with Crippen LogP contribution in [0.25, 0.3) is 0 Å². The van der Waals surface area contributed by atoms with Crippen molar-refractivity contribution in [1.82, 2.24) is 4.98 Å². The van der Waals surface area contributed by atoms with Gasteiger partial charge in [0, 0.05) is 11.5 Å². The predicted molar refractivity (Wildman–Crippen MR) is 57.9 cm³/mol. The molecule has 0 radical (unpaired) electrons. The van der Waals surface area contributed by atoms with Crippen molar-refractivity contribution in [2.45, 2.75) is 11.8 Å². The summed E-state index contributed by atoms with van der Waals surface area (Å²) >= 11 is 3.01. The van der Waals surface area contributed by atoms with E-state index in [2.05, 4.69) is 25.7 Å². The summed E-state index contributed by atoms with van der Waals surface area (Å²) in [6, 6.07) is 1.75. The zero-order valence-electron chi connectivity index (χ0n) is 8.71. The Morgan fingerprint density at radius 2 is 2.35 bits per heavy atom. The van der Waals surface area contributed by atoms with E-state index in [-0.39, 0.29) is 16.5 Å². The molecule has 0 spiro atoms. The first kappa shape index (κ1) is 13.5. The van der Waals surface area contributed by atoms with Crippen molar-refractivity contribution in [2.75, 3.05) is 7.11 Å². The summed E-state index contributed by atoms with van der Waals surface area (Å²) in [5.74, 6) is -0.952. The number of aromatic nitrogens is 1. The molecule has 1 rings (SSSR count). The number of alkyl halides is 3. The maximum Gasteiger partial charge on any atom is 0.357 e. The molecular formula is C10H7BrF2N2O2. The summed E-state index contributed by atoms with van der Waals surface area (Å²) in [5, 5.41) is 8.80. The number of carbonyl (C=O) groups excluding carboxylic acids is 1. The second-order valence-corrected chi connectivity index (χ2v) is 3.51. The average molecular weight is 305 g/mol. The Morgan fingerprint density at radius 3 is 2.76 bits per heavy atom. The molecule has 0 aliphatic rings. The molecule has 0 amide bonds. The average Bonchev–Trinajstić information content (AvgIpc) is 2.35. The van der Waals surface area contributed by atoms with E-state index >= 15 is 0 Å². The van der Waals surface area contributed by atoms with Gasteiger partial charge in [0.15, 0.2) is 5.69 Å². The zero-order chi connectivity index (χ0) is 13.0. The van der Waals surface area contributed by atoms with Crippen LogP contribution in [0.1, 0.15) is 33.6 Å². The van der Waals surface area contributed by atoms with Crippen LogP contribution in [0, 0.1) is 11.3 Å². The number of carbonyl (C=O) groups is 1. The normalized spacial score (nSPS) is 10.1. The number of rotatable bonds is 3. The standard InChI is InChI=1S/C10H7BrF2N2O2/c1-17-10(16)8-7(9(12)13)6(2-11)5(3-14)4-15-8/h4,9H,2H2,1H3. The van der Waals surface area contributed by atoms with E-state index in [1.54, 1.807) is 6.07 Å². The fourth-order valence-electron chi connectivity index (χ4n) is 1.30. The Morgan fingerprint density at radius 1 is 1.71 bits per heavy atom. The maximum atomic E-state index is 12.9. The number of nitriles is 1. The molecule has 0 unspecified atom stereocenters. The molecule has 0 aliphatic carbocycles. The van der Waals surface area contributed by atoms with Gasteiger partial charge in [-0.15, -0.1) is 0 Å². The summed E-state index contributed by atoms with van der Waals surface area (Å²) in [6.45, 7) is 0. The second-order valence-electron chi connectivity index (χ2n) is 2.95. The van der Waals surface area contributed by atoms with E-state index in [0.29, 0.717) is 0 Å². The highest BCUT2D eigenvalue weighted by molar-refractivity contribution is 9.08. The third-order valence-electron chi connectivity index (χ3n) is 2.08. The van der Waals surface area contributed by atoms with Gasteiger partial charge in [0.25, 0.3) is 6.43 Å². The third kappa shape index (κ3) is 2.58. The van der Waals surface area contributed by atoms with Gasteiger partial charge in [0.1, 0.15) is 6.07 Å². The van der Waals surface area contributed by atoms with Crippen LogP contribution in [-0.2, 0) is 10.1 Å². The first-order chi connectivity index (χ1) is 8.06. The lowest BCUT2D eigenvalue weighted by atomic mass is 10.0. The molecule has 0 N–H and O–H groups in total. The van der Waals surface area contributed by atoms with Gasteiger partial charge in [-0.1, -0.05) is 15.9 Å². The molecule has 0 fully saturated rings. The van der Waals surface area contributed by atoms with Crippen molar-refractivity contribution in [3.8, 4) is 6.07 Å². The topological polar surface area (TPSA) is 63.0 Å². The van der Waals surface area contributed by atoms with Crippen LogP contribution in [0.3, 0.4) is 0 Å². The predicted octanol–water partition coefficient (Wildman–Crippen LogP) is 2.57. The van der Waals surface area contributed by atoms with Crippen LogP contribution in [-0.4, -0.2) is 18.1 Å². The summed E-state index contributed by atoms with van der Waals surface area (Å²) in [4.78, 5) is 14.8. The van der Waals surface area contributed by atoms with Crippen molar-refractivity contribution < 1.29 is 18.3 Å². The summed E-state index contributed by atoms with van der Waals surface area (Å²) in [6.07, 6.45) is -1.83. The van der Waals surface area contributed by atoms with E-state index in [9.17, 15) is 13.6 Å². The fourth-order valence-corrected chi connectivity index (χ4v) is 1.90. The largest absolute Gasteiger partial charge is 0.464 e. The number of ether oxygens (including phenoxy) is 1. The minimum atomic E-state index is -2.91. The quantitative estimate of drug-likeness (QED) is 0.636. The molecule has 1 heterocycles. The number of hydrogen-bond acceptors (Lipinski definition) is 4. The first-order valence-corrected chi connectivity index (χ1v) is 5.53. The maximum absolute atomic E-state index is 12.9. The Hall–Kier alpha value is -1.55.